The predicted octanol–water partition coefficient (Wildman–Crippen LogP) is 0.962. The van der Waals surface area contributed by atoms with E-state index in [0.717, 1.165) is 38.2 Å². The molecule has 0 unspecified atom stereocenters. The van der Waals surface area contributed by atoms with E-state index in [1.54, 1.807) is 0 Å². The molecule has 6 heteroatoms. The molecule has 1 saturated carbocycles. The Labute approximate surface area is 94.5 Å². The van der Waals surface area contributed by atoms with Gasteiger partial charge in [0.25, 0.3) is 0 Å². The second kappa shape index (κ2) is 4.08. The van der Waals surface area contributed by atoms with Crippen LogP contribution in [0.4, 0.5) is 0 Å². The summed E-state index contributed by atoms with van der Waals surface area (Å²) in [4.78, 5) is 11.5. The molecule has 2 rings (SSSR count). The van der Waals surface area contributed by atoms with Gasteiger partial charge in [0.1, 0.15) is 12.4 Å². The van der Waals surface area contributed by atoms with E-state index in [2.05, 4.69) is 4.18 Å². The molecule has 0 spiro atoms. The molecule has 0 amide bonds. The minimum atomic E-state index is -3.56. The van der Waals surface area contributed by atoms with Crippen LogP contribution in [0.2, 0.25) is 0 Å². The molecule has 0 aromatic carbocycles. The van der Waals surface area contributed by atoms with Crippen LogP contribution in [0.25, 0.3) is 0 Å². The summed E-state index contributed by atoms with van der Waals surface area (Å²) >= 11 is 0. The van der Waals surface area contributed by atoms with Crippen molar-refractivity contribution >= 4 is 16.1 Å². The summed E-state index contributed by atoms with van der Waals surface area (Å²) in [5.41, 5.74) is 0.357. The summed E-state index contributed by atoms with van der Waals surface area (Å²) in [6, 6.07) is 0. The Balaban J connectivity index is 2.16. The van der Waals surface area contributed by atoms with Crippen LogP contribution in [0.3, 0.4) is 0 Å². The van der Waals surface area contributed by atoms with Crippen molar-refractivity contribution in [2.45, 2.75) is 31.8 Å². The van der Waals surface area contributed by atoms with Crippen molar-refractivity contribution in [3.63, 3.8) is 0 Å². The van der Waals surface area contributed by atoms with Crippen LogP contribution in [-0.4, -0.2) is 26.7 Å². The second-order valence-corrected chi connectivity index (χ2v) is 5.81. The van der Waals surface area contributed by atoms with Gasteiger partial charge in [0.2, 0.25) is 0 Å². The average molecular weight is 246 g/mol. The maximum absolute atomic E-state index is 11.5. The molecular weight excluding hydrogens is 232 g/mol. The first-order chi connectivity index (χ1) is 7.47. The van der Waals surface area contributed by atoms with E-state index < -0.39 is 16.1 Å². The van der Waals surface area contributed by atoms with E-state index in [1.165, 1.54) is 0 Å². The van der Waals surface area contributed by atoms with Gasteiger partial charge in [0.05, 0.1) is 11.8 Å². The fourth-order valence-corrected chi connectivity index (χ4v) is 2.50. The van der Waals surface area contributed by atoms with Gasteiger partial charge in [-0.25, -0.2) is 4.79 Å². The number of ether oxygens (including phenoxy) is 1. The monoisotopic (exact) mass is 246 g/mol. The number of hydrogen-bond acceptors (Lipinski definition) is 5. The van der Waals surface area contributed by atoms with Crippen molar-refractivity contribution in [2.75, 3.05) is 6.26 Å². The SMILES string of the molecule is CS(=O)(=O)O/C=C1/C(=O)O[C@H]2CCCC[C@@H]12. The molecule has 0 aromatic rings. The minimum Gasteiger partial charge on any atom is -0.458 e. The first-order valence-corrected chi connectivity index (χ1v) is 7.08. The fourth-order valence-electron chi connectivity index (χ4n) is 2.23. The largest absolute Gasteiger partial charge is 0.458 e. The van der Waals surface area contributed by atoms with Crippen LogP contribution in [0.15, 0.2) is 11.8 Å². The van der Waals surface area contributed by atoms with Crippen LogP contribution in [0, 0.1) is 5.92 Å². The minimum absolute atomic E-state index is 0.00278. The van der Waals surface area contributed by atoms with Crippen LogP contribution >= 0.6 is 0 Å². The summed E-state index contributed by atoms with van der Waals surface area (Å²) in [5.74, 6) is -0.441. The number of esters is 1. The van der Waals surface area contributed by atoms with E-state index >= 15 is 0 Å². The quantitative estimate of drug-likeness (QED) is 0.314. The maximum atomic E-state index is 11.5. The molecule has 1 heterocycles. The standard InChI is InChI=1S/C10H14O5S/c1-16(12,13)14-6-8-7-4-2-3-5-9(7)15-10(8)11/h6-7,9H,2-5H2,1H3/b8-6+/t7-,9-/m0/s1. The second-order valence-electron chi connectivity index (χ2n) is 4.21. The van der Waals surface area contributed by atoms with E-state index in [4.69, 9.17) is 4.74 Å². The molecule has 0 radical (unpaired) electrons. The lowest BCUT2D eigenvalue weighted by Crippen LogP contribution is -2.21. The Kier molecular flexibility index (Phi) is 2.92. The van der Waals surface area contributed by atoms with E-state index in [-0.39, 0.29) is 12.0 Å². The van der Waals surface area contributed by atoms with E-state index in [1.807, 2.05) is 0 Å². The van der Waals surface area contributed by atoms with Gasteiger partial charge >= 0.3 is 16.1 Å². The molecule has 0 aromatic heterocycles. The smallest absolute Gasteiger partial charge is 0.337 e. The molecular formula is C10H14O5S. The molecule has 5 nitrogen and oxygen atoms in total. The van der Waals surface area contributed by atoms with Gasteiger partial charge in [-0.3, -0.25) is 0 Å². The zero-order valence-electron chi connectivity index (χ0n) is 9.01. The zero-order valence-corrected chi connectivity index (χ0v) is 9.83. The number of hydrogen-bond donors (Lipinski definition) is 0. The predicted molar refractivity (Wildman–Crippen MR) is 55.8 cm³/mol. The molecule has 16 heavy (non-hydrogen) atoms. The van der Waals surface area contributed by atoms with Crippen LogP contribution < -0.4 is 0 Å². The van der Waals surface area contributed by atoms with E-state index in [0.29, 0.717) is 5.57 Å². The Bertz CT molecular complexity index is 422. The molecule has 0 bridgehead atoms. The number of carbonyl (C=O) groups is 1. The van der Waals surface area contributed by atoms with Crippen molar-refractivity contribution in [1.82, 2.24) is 0 Å². The summed E-state index contributed by atoms with van der Waals surface area (Å²) in [6.45, 7) is 0. The molecule has 2 atom stereocenters. The van der Waals surface area contributed by atoms with E-state index in [9.17, 15) is 13.2 Å². The lowest BCUT2D eigenvalue weighted by atomic mass is 9.84. The number of fused-ring (bicyclic) bond motifs is 1. The summed E-state index contributed by atoms with van der Waals surface area (Å²) in [6.07, 6.45) is 5.69. The van der Waals surface area contributed by atoms with Gasteiger partial charge in [-0.1, -0.05) is 6.42 Å². The molecule has 0 N–H and O–H groups in total. The highest BCUT2D eigenvalue weighted by Crippen LogP contribution is 2.38. The highest BCUT2D eigenvalue weighted by atomic mass is 32.2. The Morgan fingerprint density at radius 2 is 2.06 bits per heavy atom. The van der Waals surface area contributed by atoms with Gasteiger partial charge in [0, 0.05) is 5.92 Å². The third-order valence-electron chi connectivity index (χ3n) is 2.95. The molecule has 1 aliphatic carbocycles. The van der Waals surface area contributed by atoms with Crippen molar-refractivity contribution < 1.29 is 22.1 Å². The summed E-state index contributed by atoms with van der Waals surface area (Å²) < 4.78 is 31.4. The fraction of sp³-hybridized carbons (Fsp3) is 0.700. The first kappa shape index (κ1) is 11.4. The number of carbonyl (C=O) groups excluding carboxylic acids is 1. The summed E-state index contributed by atoms with van der Waals surface area (Å²) in [5, 5.41) is 0. The average Bonchev–Trinajstić information content (AvgIpc) is 2.49. The van der Waals surface area contributed by atoms with Gasteiger partial charge in [0.15, 0.2) is 0 Å². The normalized spacial score (nSPS) is 32.3. The first-order valence-electron chi connectivity index (χ1n) is 5.27. The Morgan fingerprint density at radius 3 is 2.75 bits per heavy atom. The molecule has 2 fully saturated rings. The number of rotatable bonds is 2. The van der Waals surface area contributed by atoms with Crippen LogP contribution in [-0.2, 0) is 23.8 Å². The zero-order chi connectivity index (χ0) is 11.8. The third-order valence-corrected chi connectivity index (χ3v) is 3.39. The summed E-state index contributed by atoms with van der Waals surface area (Å²) in [7, 11) is -3.56. The Hall–Kier alpha value is -1.04. The van der Waals surface area contributed by atoms with Crippen LogP contribution in [0.1, 0.15) is 25.7 Å². The third kappa shape index (κ3) is 2.37. The Morgan fingerprint density at radius 1 is 1.38 bits per heavy atom. The highest BCUT2D eigenvalue weighted by molar-refractivity contribution is 7.86. The van der Waals surface area contributed by atoms with Gasteiger partial charge in [-0.15, -0.1) is 0 Å². The van der Waals surface area contributed by atoms with Crippen molar-refractivity contribution in [3.8, 4) is 0 Å². The molecule has 2 aliphatic rings. The van der Waals surface area contributed by atoms with Crippen LogP contribution in [0.5, 0.6) is 0 Å². The van der Waals surface area contributed by atoms with Gasteiger partial charge < -0.3 is 8.92 Å². The maximum Gasteiger partial charge on any atom is 0.337 e. The van der Waals surface area contributed by atoms with Gasteiger partial charge in [-0.05, 0) is 19.3 Å². The topological polar surface area (TPSA) is 69.7 Å². The molecule has 90 valence electrons. The van der Waals surface area contributed by atoms with Crippen molar-refractivity contribution in [3.05, 3.63) is 11.8 Å². The molecule has 1 saturated heterocycles. The lowest BCUT2D eigenvalue weighted by Gasteiger charge is -2.22. The highest BCUT2D eigenvalue weighted by Gasteiger charge is 2.41. The van der Waals surface area contributed by atoms with Gasteiger partial charge in [-0.2, -0.15) is 8.42 Å². The lowest BCUT2D eigenvalue weighted by molar-refractivity contribution is -0.139. The van der Waals surface area contributed by atoms with Crippen molar-refractivity contribution in [1.29, 1.82) is 0 Å². The van der Waals surface area contributed by atoms with Crippen molar-refractivity contribution in [2.24, 2.45) is 5.92 Å². The molecule has 1 aliphatic heterocycles.